The maximum Gasteiger partial charge on any atom is 0.233 e. The Morgan fingerprint density at radius 3 is 3.05 bits per heavy atom. The predicted octanol–water partition coefficient (Wildman–Crippen LogP) is 2.79. The van der Waals surface area contributed by atoms with Gasteiger partial charge in [0.25, 0.3) is 0 Å². The van der Waals surface area contributed by atoms with E-state index in [4.69, 9.17) is 0 Å². The van der Waals surface area contributed by atoms with Crippen molar-refractivity contribution in [2.75, 3.05) is 12.3 Å². The molecule has 0 saturated carbocycles. The first-order valence-electron chi connectivity index (χ1n) is 7.19. The maximum atomic E-state index is 12.3. The van der Waals surface area contributed by atoms with Gasteiger partial charge in [-0.3, -0.25) is 4.79 Å². The molecule has 1 fully saturated rings. The molecule has 4 nitrogen and oxygen atoms in total. The van der Waals surface area contributed by atoms with Gasteiger partial charge in [0, 0.05) is 31.5 Å². The Kier molecular flexibility index (Phi) is 5.31. The molecule has 0 aliphatic carbocycles. The van der Waals surface area contributed by atoms with Crippen LogP contribution in [-0.2, 0) is 11.3 Å². The van der Waals surface area contributed by atoms with Gasteiger partial charge in [-0.2, -0.15) is 0 Å². The van der Waals surface area contributed by atoms with Crippen LogP contribution in [0.3, 0.4) is 0 Å². The topological polar surface area (TPSA) is 38.1 Å². The van der Waals surface area contributed by atoms with E-state index in [0.717, 1.165) is 37.5 Å². The lowest BCUT2D eigenvalue weighted by Gasteiger charge is -2.35. The van der Waals surface area contributed by atoms with Gasteiger partial charge in [-0.15, -0.1) is 0 Å². The summed E-state index contributed by atoms with van der Waals surface area (Å²) >= 11 is 1.55. The maximum absolute atomic E-state index is 12.3. The standard InChI is InChI=1S/C14H23N3OS/c1-3-12-7-5-6-9-17(12)13(18)11-19-14-15-8-10-16(14)4-2/h8,10,12H,3-7,9,11H2,1-2H3. The zero-order chi connectivity index (χ0) is 13.7. The molecule has 0 aromatic carbocycles. The van der Waals surface area contributed by atoms with Crippen LogP contribution < -0.4 is 0 Å². The van der Waals surface area contributed by atoms with Crippen molar-refractivity contribution < 1.29 is 4.79 Å². The molecule has 2 rings (SSSR count). The molecule has 0 radical (unpaired) electrons. The first-order chi connectivity index (χ1) is 9.26. The Balaban J connectivity index is 1.90. The van der Waals surface area contributed by atoms with Crippen molar-refractivity contribution in [1.82, 2.24) is 14.5 Å². The Bertz CT molecular complexity index is 419. The Morgan fingerprint density at radius 2 is 2.32 bits per heavy atom. The fourth-order valence-corrected chi connectivity index (χ4v) is 3.55. The molecule has 5 heteroatoms. The summed E-state index contributed by atoms with van der Waals surface area (Å²) in [4.78, 5) is 18.7. The Hall–Kier alpha value is -0.970. The molecule has 1 unspecified atom stereocenters. The van der Waals surface area contributed by atoms with Gasteiger partial charge in [-0.1, -0.05) is 18.7 Å². The van der Waals surface area contributed by atoms with Gasteiger partial charge in [0.1, 0.15) is 0 Å². The van der Waals surface area contributed by atoms with Crippen LogP contribution in [0, 0.1) is 0 Å². The molecular weight excluding hydrogens is 258 g/mol. The molecule has 19 heavy (non-hydrogen) atoms. The highest BCUT2D eigenvalue weighted by atomic mass is 32.2. The first kappa shape index (κ1) is 14.4. The van der Waals surface area contributed by atoms with E-state index in [2.05, 4.69) is 28.3 Å². The summed E-state index contributed by atoms with van der Waals surface area (Å²) in [5, 5.41) is 0.945. The second-order valence-electron chi connectivity index (χ2n) is 4.93. The lowest BCUT2D eigenvalue weighted by Crippen LogP contribution is -2.44. The van der Waals surface area contributed by atoms with Crippen molar-refractivity contribution in [3.8, 4) is 0 Å². The molecule has 1 aliphatic heterocycles. The largest absolute Gasteiger partial charge is 0.339 e. The highest BCUT2D eigenvalue weighted by Crippen LogP contribution is 2.22. The molecule has 0 spiro atoms. The minimum atomic E-state index is 0.266. The monoisotopic (exact) mass is 281 g/mol. The molecule has 1 atom stereocenters. The highest BCUT2D eigenvalue weighted by Gasteiger charge is 2.25. The van der Waals surface area contributed by atoms with E-state index >= 15 is 0 Å². The fourth-order valence-electron chi connectivity index (χ4n) is 2.64. The van der Waals surface area contributed by atoms with Crippen molar-refractivity contribution in [1.29, 1.82) is 0 Å². The zero-order valence-corrected chi connectivity index (χ0v) is 12.7. The van der Waals surface area contributed by atoms with Crippen molar-refractivity contribution >= 4 is 17.7 Å². The molecule has 0 bridgehead atoms. The number of carbonyl (C=O) groups excluding carboxylic acids is 1. The minimum Gasteiger partial charge on any atom is -0.339 e. The van der Waals surface area contributed by atoms with Crippen LogP contribution in [0.4, 0.5) is 0 Å². The molecule has 2 heterocycles. The van der Waals surface area contributed by atoms with Crippen LogP contribution in [-0.4, -0.2) is 38.7 Å². The SMILES string of the molecule is CCC1CCCCN1C(=O)CSc1nccn1CC. The van der Waals surface area contributed by atoms with E-state index in [1.807, 2.05) is 6.20 Å². The van der Waals surface area contributed by atoms with Gasteiger partial charge in [-0.25, -0.2) is 4.98 Å². The molecule has 1 amide bonds. The average molecular weight is 281 g/mol. The van der Waals surface area contributed by atoms with Crippen molar-refractivity contribution in [2.45, 2.75) is 57.3 Å². The van der Waals surface area contributed by atoms with Crippen LogP contribution in [0.2, 0.25) is 0 Å². The van der Waals surface area contributed by atoms with Crippen molar-refractivity contribution in [2.24, 2.45) is 0 Å². The van der Waals surface area contributed by atoms with Gasteiger partial charge in [0.05, 0.1) is 5.75 Å². The second-order valence-corrected chi connectivity index (χ2v) is 5.87. The van der Waals surface area contributed by atoms with E-state index in [1.54, 1.807) is 18.0 Å². The van der Waals surface area contributed by atoms with Crippen LogP contribution in [0.5, 0.6) is 0 Å². The number of nitrogens with zero attached hydrogens (tertiary/aromatic N) is 3. The number of amides is 1. The van der Waals surface area contributed by atoms with Gasteiger partial charge in [-0.05, 0) is 32.6 Å². The molecule has 1 aromatic heterocycles. The van der Waals surface area contributed by atoms with Gasteiger partial charge in [0.15, 0.2) is 5.16 Å². The summed E-state index contributed by atoms with van der Waals surface area (Å²) in [6.07, 6.45) is 8.40. The zero-order valence-electron chi connectivity index (χ0n) is 11.8. The van der Waals surface area contributed by atoms with Crippen LogP contribution in [0.15, 0.2) is 17.6 Å². The predicted molar refractivity (Wildman–Crippen MR) is 78.3 cm³/mol. The molecule has 1 saturated heterocycles. The van der Waals surface area contributed by atoms with Crippen LogP contribution >= 0.6 is 11.8 Å². The fraction of sp³-hybridized carbons (Fsp3) is 0.714. The quantitative estimate of drug-likeness (QED) is 0.779. The first-order valence-corrected chi connectivity index (χ1v) is 8.18. The van der Waals surface area contributed by atoms with E-state index in [0.29, 0.717) is 11.8 Å². The summed E-state index contributed by atoms with van der Waals surface area (Å²) in [5.41, 5.74) is 0. The molecule has 0 N–H and O–H groups in total. The van der Waals surface area contributed by atoms with Gasteiger partial charge >= 0.3 is 0 Å². The van der Waals surface area contributed by atoms with Crippen LogP contribution in [0.25, 0.3) is 0 Å². The summed E-state index contributed by atoms with van der Waals surface area (Å²) in [6.45, 7) is 6.09. The molecule has 1 aromatic rings. The summed E-state index contributed by atoms with van der Waals surface area (Å²) in [5.74, 6) is 0.773. The number of hydrogen-bond donors (Lipinski definition) is 0. The van der Waals surface area contributed by atoms with Crippen molar-refractivity contribution in [3.63, 3.8) is 0 Å². The molecule has 106 valence electrons. The van der Waals surface area contributed by atoms with E-state index in [1.165, 1.54) is 6.42 Å². The lowest BCUT2D eigenvalue weighted by molar-refractivity contribution is -0.132. The number of rotatable bonds is 5. The summed E-state index contributed by atoms with van der Waals surface area (Å²) in [6, 6.07) is 0.452. The van der Waals surface area contributed by atoms with Crippen molar-refractivity contribution in [3.05, 3.63) is 12.4 Å². The number of thioether (sulfide) groups is 1. The number of piperidine rings is 1. The van der Waals surface area contributed by atoms with Crippen LogP contribution in [0.1, 0.15) is 39.5 Å². The highest BCUT2D eigenvalue weighted by molar-refractivity contribution is 7.99. The smallest absolute Gasteiger partial charge is 0.233 e. The number of aromatic nitrogens is 2. The minimum absolute atomic E-state index is 0.266. The Morgan fingerprint density at radius 1 is 1.47 bits per heavy atom. The average Bonchev–Trinajstić information content (AvgIpc) is 2.92. The third-order valence-corrected chi connectivity index (χ3v) is 4.75. The normalized spacial score (nSPS) is 19.7. The van der Waals surface area contributed by atoms with Gasteiger partial charge < -0.3 is 9.47 Å². The summed E-state index contributed by atoms with van der Waals surface area (Å²) < 4.78 is 2.07. The summed E-state index contributed by atoms with van der Waals surface area (Å²) in [7, 11) is 0. The number of aryl methyl sites for hydroxylation is 1. The number of likely N-dealkylation sites (tertiary alicyclic amines) is 1. The second kappa shape index (κ2) is 6.98. The van der Waals surface area contributed by atoms with E-state index in [9.17, 15) is 4.79 Å². The third kappa shape index (κ3) is 3.53. The van der Waals surface area contributed by atoms with E-state index in [-0.39, 0.29) is 5.91 Å². The number of imidazole rings is 1. The van der Waals surface area contributed by atoms with Gasteiger partial charge in [0.2, 0.25) is 5.91 Å². The van der Waals surface area contributed by atoms with E-state index < -0.39 is 0 Å². The molecular formula is C14H23N3OS. The lowest BCUT2D eigenvalue weighted by atomic mass is 10.0. The molecule has 1 aliphatic rings. The Labute approximate surface area is 119 Å². The third-order valence-electron chi connectivity index (χ3n) is 3.76. The number of carbonyl (C=O) groups is 1. The number of hydrogen-bond acceptors (Lipinski definition) is 3.